The Morgan fingerprint density at radius 2 is 1.82 bits per heavy atom. The van der Waals surface area contributed by atoms with E-state index in [1.165, 1.54) is 32.1 Å². The van der Waals surface area contributed by atoms with Crippen molar-refractivity contribution in [2.24, 2.45) is 5.92 Å². The molecule has 0 N–H and O–H groups in total. The van der Waals surface area contributed by atoms with Gasteiger partial charge in [-0.05, 0) is 30.0 Å². The van der Waals surface area contributed by atoms with Crippen molar-refractivity contribution in [3.8, 4) is 0 Å². The highest BCUT2D eigenvalue weighted by Crippen LogP contribution is 2.34. The molecular weight excluding hydrogens is 352 g/mol. The molecule has 5 heteroatoms. The zero-order valence-corrected chi connectivity index (χ0v) is 16.2. The molecule has 2 aliphatic rings. The molecule has 0 radical (unpaired) electrons. The summed E-state index contributed by atoms with van der Waals surface area (Å²) in [5.74, 6) is 0.739. The summed E-state index contributed by atoms with van der Waals surface area (Å²) in [7, 11) is 0. The Hall–Kier alpha value is -2.40. The molecular formula is C23H28N2O3. The summed E-state index contributed by atoms with van der Waals surface area (Å²) in [4.78, 5) is 18.7. The molecule has 1 aliphatic heterocycles. The van der Waals surface area contributed by atoms with E-state index >= 15 is 0 Å². The van der Waals surface area contributed by atoms with Crippen LogP contribution in [0.3, 0.4) is 0 Å². The number of carbonyl (C=O) groups excluding carboxylic acids is 1. The van der Waals surface area contributed by atoms with Gasteiger partial charge < -0.3 is 9.47 Å². The summed E-state index contributed by atoms with van der Waals surface area (Å²) in [6.07, 6.45) is 8.06. The SMILES string of the molecule is O=C1OC(c2ccccn2)C(OCCC2CCCCC2)N1Cc1ccccc1. The molecule has 1 aliphatic carbocycles. The fourth-order valence-corrected chi connectivity index (χ4v) is 4.20. The number of amides is 1. The highest BCUT2D eigenvalue weighted by molar-refractivity contribution is 5.70. The molecule has 148 valence electrons. The van der Waals surface area contributed by atoms with E-state index in [1.54, 1.807) is 11.1 Å². The lowest BCUT2D eigenvalue weighted by atomic mass is 9.87. The van der Waals surface area contributed by atoms with Gasteiger partial charge in [0.15, 0.2) is 12.3 Å². The van der Waals surface area contributed by atoms with Gasteiger partial charge in [0.1, 0.15) is 0 Å². The molecule has 2 atom stereocenters. The van der Waals surface area contributed by atoms with Crippen LogP contribution in [0.15, 0.2) is 54.7 Å². The minimum atomic E-state index is -0.497. The smallest absolute Gasteiger partial charge is 0.413 e. The highest BCUT2D eigenvalue weighted by atomic mass is 16.6. The highest BCUT2D eigenvalue weighted by Gasteiger charge is 2.44. The first-order valence-electron chi connectivity index (χ1n) is 10.3. The molecule has 1 aromatic heterocycles. The van der Waals surface area contributed by atoms with Crippen LogP contribution in [0.2, 0.25) is 0 Å². The third-order valence-corrected chi connectivity index (χ3v) is 5.74. The molecule has 4 rings (SSSR count). The number of carbonyl (C=O) groups is 1. The van der Waals surface area contributed by atoms with Crippen molar-refractivity contribution in [3.05, 3.63) is 66.0 Å². The molecule has 5 nitrogen and oxygen atoms in total. The number of cyclic esters (lactones) is 1. The van der Waals surface area contributed by atoms with Crippen molar-refractivity contribution in [3.63, 3.8) is 0 Å². The molecule has 28 heavy (non-hydrogen) atoms. The van der Waals surface area contributed by atoms with Crippen LogP contribution in [0.25, 0.3) is 0 Å². The van der Waals surface area contributed by atoms with Crippen LogP contribution in [0.4, 0.5) is 4.79 Å². The Kier molecular flexibility index (Phi) is 6.22. The van der Waals surface area contributed by atoms with Crippen LogP contribution < -0.4 is 0 Å². The Morgan fingerprint density at radius 3 is 2.57 bits per heavy atom. The third-order valence-electron chi connectivity index (χ3n) is 5.74. The van der Waals surface area contributed by atoms with Crippen LogP contribution in [0.1, 0.15) is 55.9 Å². The van der Waals surface area contributed by atoms with Gasteiger partial charge in [-0.2, -0.15) is 0 Å². The van der Waals surface area contributed by atoms with Gasteiger partial charge in [-0.25, -0.2) is 4.79 Å². The Balaban J connectivity index is 1.47. The normalized spacial score (nSPS) is 23.0. The van der Waals surface area contributed by atoms with Crippen LogP contribution in [-0.4, -0.2) is 28.8 Å². The van der Waals surface area contributed by atoms with Gasteiger partial charge in [0.2, 0.25) is 0 Å². The number of pyridine rings is 1. The maximum absolute atomic E-state index is 12.6. The van der Waals surface area contributed by atoms with Crippen LogP contribution >= 0.6 is 0 Å². The largest absolute Gasteiger partial charge is 0.435 e. The van der Waals surface area contributed by atoms with Crippen molar-refractivity contribution in [1.29, 1.82) is 0 Å². The fraction of sp³-hybridized carbons (Fsp3) is 0.478. The van der Waals surface area contributed by atoms with Crippen LogP contribution in [0.5, 0.6) is 0 Å². The predicted octanol–water partition coefficient (Wildman–Crippen LogP) is 5.09. The Bertz CT molecular complexity index is 747. The van der Waals surface area contributed by atoms with Crippen molar-refractivity contribution >= 4 is 6.09 Å². The van der Waals surface area contributed by atoms with E-state index in [4.69, 9.17) is 9.47 Å². The minimum Gasteiger partial charge on any atom is -0.435 e. The van der Waals surface area contributed by atoms with E-state index in [0.29, 0.717) is 13.2 Å². The number of benzene rings is 1. The van der Waals surface area contributed by atoms with E-state index in [1.807, 2.05) is 48.5 Å². The Labute approximate surface area is 166 Å². The van der Waals surface area contributed by atoms with Crippen molar-refractivity contribution in [1.82, 2.24) is 9.88 Å². The summed E-state index contributed by atoms with van der Waals surface area (Å²) in [6.45, 7) is 1.11. The number of ether oxygens (including phenoxy) is 2. The first-order chi connectivity index (χ1) is 13.8. The van der Waals surface area contributed by atoms with Gasteiger partial charge in [0, 0.05) is 12.8 Å². The predicted molar refractivity (Wildman–Crippen MR) is 106 cm³/mol. The Morgan fingerprint density at radius 1 is 1.04 bits per heavy atom. The number of rotatable bonds is 7. The molecule has 2 heterocycles. The molecule has 1 amide bonds. The minimum absolute atomic E-state index is 0.345. The van der Waals surface area contributed by atoms with Crippen LogP contribution in [-0.2, 0) is 16.0 Å². The van der Waals surface area contributed by atoms with E-state index < -0.39 is 12.3 Å². The number of hydrogen-bond acceptors (Lipinski definition) is 4. The molecule has 1 saturated carbocycles. The topological polar surface area (TPSA) is 51.7 Å². The second-order valence-electron chi connectivity index (χ2n) is 7.73. The second-order valence-corrected chi connectivity index (χ2v) is 7.73. The standard InChI is InChI=1S/C23H28N2O3/c26-23-25(17-19-11-5-2-6-12-19)22(21(28-23)20-13-7-8-15-24-20)27-16-14-18-9-3-1-4-10-18/h2,5-8,11-13,15,18,21-22H,1,3-4,9-10,14,16-17H2. The molecule has 2 aromatic rings. The monoisotopic (exact) mass is 380 g/mol. The molecule has 0 spiro atoms. The number of aromatic nitrogens is 1. The maximum atomic E-state index is 12.6. The quantitative estimate of drug-likeness (QED) is 0.671. The van der Waals surface area contributed by atoms with E-state index in [9.17, 15) is 4.79 Å². The molecule has 1 saturated heterocycles. The van der Waals surface area contributed by atoms with Crippen molar-refractivity contribution < 1.29 is 14.3 Å². The van der Waals surface area contributed by atoms with E-state index in [2.05, 4.69) is 4.98 Å². The average molecular weight is 380 g/mol. The van der Waals surface area contributed by atoms with E-state index in [-0.39, 0.29) is 6.09 Å². The van der Waals surface area contributed by atoms with Gasteiger partial charge in [-0.3, -0.25) is 9.88 Å². The zero-order valence-electron chi connectivity index (χ0n) is 16.2. The maximum Gasteiger partial charge on any atom is 0.413 e. The first kappa shape index (κ1) is 18.9. The van der Waals surface area contributed by atoms with Crippen molar-refractivity contribution in [2.75, 3.05) is 6.61 Å². The first-order valence-corrected chi connectivity index (χ1v) is 10.3. The second kappa shape index (κ2) is 9.20. The van der Waals surface area contributed by atoms with Gasteiger partial charge in [-0.15, -0.1) is 0 Å². The average Bonchev–Trinajstić information content (AvgIpc) is 3.06. The summed E-state index contributed by atoms with van der Waals surface area (Å²) >= 11 is 0. The lowest BCUT2D eigenvalue weighted by Crippen LogP contribution is -2.36. The molecule has 1 aromatic carbocycles. The van der Waals surface area contributed by atoms with Gasteiger partial charge in [0.25, 0.3) is 0 Å². The third kappa shape index (κ3) is 4.53. The summed E-state index contributed by atoms with van der Waals surface area (Å²) < 4.78 is 12.0. The zero-order chi connectivity index (χ0) is 19.2. The molecule has 2 unspecified atom stereocenters. The molecule has 0 bridgehead atoms. The summed E-state index contributed by atoms with van der Waals surface area (Å²) in [6, 6.07) is 15.6. The lowest BCUT2D eigenvalue weighted by molar-refractivity contribution is -0.0611. The lowest BCUT2D eigenvalue weighted by Gasteiger charge is -2.26. The van der Waals surface area contributed by atoms with Crippen molar-refractivity contribution in [2.45, 2.75) is 57.4 Å². The fourth-order valence-electron chi connectivity index (χ4n) is 4.20. The number of hydrogen-bond donors (Lipinski definition) is 0. The van der Waals surface area contributed by atoms with Gasteiger partial charge >= 0.3 is 6.09 Å². The summed E-state index contributed by atoms with van der Waals surface area (Å²) in [5, 5.41) is 0. The van der Waals surface area contributed by atoms with E-state index in [0.717, 1.165) is 23.6 Å². The van der Waals surface area contributed by atoms with Gasteiger partial charge in [-0.1, -0.05) is 68.5 Å². The van der Waals surface area contributed by atoms with Gasteiger partial charge in [0.05, 0.1) is 12.2 Å². The molecule has 2 fully saturated rings. The number of nitrogens with zero attached hydrogens (tertiary/aromatic N) is 2. The van der Waals surface area contributed by atoms with Crippen LogP contribution in [0, 0.1) is 5.92 Å². The summed E-state index contributed by atoms with van der Waals surface area (Å²) in [5.41, 5.74) is 1.79.